The van der Waals surface area contributed by atoms with Crippen molar-refractivity contribution in [2.24, 2.45) is 0 Å². The van der Waals surface area contributed by atoms with Crippen LogP contribution in [0.15, 0.2) is 59.8 Å². The molecular weight excluding hydrogens is 427 g/mol. The number of nitrogens with zero attached hydrogens (tertiary/aromatic N) is 3. The summed E-state index contributed by atoms with van der Waals surface area (Å²) in [6.07, 6.45) is 2.85. The maximum absolute atomic E-state index is 14.5. The van der Waals surface area contributed by atoms with Crippen molar-refractivity contribution in [1.29, 1.82) is 0 Å². The molecule has 0 spiro atoms. The Hall–Kier alpha value is -2.71. The Morgan fingerprint density at radius 1 is 1.22 bits per heavy atom. The second kappa shape index (κ2) is 10.7. The summed E-state index contributed by atoms with van der Waals surface area (Å²) in [7, 11) is 0. The van der Waals surface area contributed by atoms with Gasteiger partial charge in [-0.1, -0.05) is 54.2 Å². The Morgan fingerprint density at radius 2 is 2.00 bits per heavy atom. The predicted octanol–water partition coefficient (Wildman–Crippen LogP) is 4.10. The molecule has 1 aliphatic heterocycles. The molecule has 8 heteroatoms. The van der Waals surface area contributed by atoms with Crippen molar-refractivity contribution in [2.75, 3.05) is 13.2 Å². The molecule has 1 N–H and O–H groups in total. The number of halogens is 1. The minimum atomic E-state index is -0.371. The topological polar surface area (TPSA) is 69.0 Å². The number of hydrogen-bond donors (Lipinski definition) is 1. The van der Waals surface area contributed by atoms with Crippen LogP contribution in [-0.4, -0.2) is 45.2 Å². The van der Waals surface area contributed by atoms with Crippen LogP contribution in [0.25, 0.3) is 11.4 Å². The van der Waals surface area contributed by atoms with Gasteiger partial charge >= 0.3 is 0 Å². The zero-order valence-corrected chi connectivity index (χ0v) is 18.9. The van der Waals surface area contributed by atoms with Gasteiger partial charge < -0.3 is 14.6 Å². The normalized spacial score (nSPS) is 16.8. The second-order valence-electron chi connectivity index (χ2n) is 7.81. The van der Waals surface area contributed by atoms with Gasteiger partial charge in [0.05, 0.1) is 16.9 Å². The SMILES string of the molecule is C[C@H](Sc1nnc(-c2ccccc2F)n1CCc1ccccc1)C(=O)NC[C@@H]1CCCO1. The van der Waals surface area contributed by atoms with Crippen LogP contribution in [0.2, 0.25) is 0 Å². The lowest BCUT2D eigenvalue weighted by Crippen LogP contribution is -2.36. The van der Waals surface area contributed by atoms with E-state index in [1.165, 1.54) is 23.4 Å². The number of thioether (sulfide) groups is 1. The van der Waals surface area contributed by atoms with E-state index in [4.69, 9.17) is 4.74 Å². The highest BCUT2D eigenvalue weighted by atomic mass is 32.2. The molecule has 1 fully saturated rings. The molecule has 0 radical (unpaired) electrons. The average Bonchev–Trinajstić information content (AvgIpc) is 3.47. The Kier molecular flexibility index (Phi) is 7.55. The van der Waals surface area contributed by atoms with Gasteiger partial charge in [-0.25, -0.2) is 4.39 Å². The molecule has 4 rings (SSSR count). The van der Waals surface area contributed by atoms with Crippen LogP contribution < -0.4 is 5.32 Å². The third kappa shape index (κ3) is 5.55. The van der Waals surface area contributed by atoms with E-state index in [9.17, 15) is 9.18 Å². The number of ether oxygens (including phenoxy) is 1. The summed E-state index contributed by atoms with van der Waals surface area (Å²) in [4.78, 5) is 12.6. The molecule has 0 aliphatic carbocycles. The number of aryl methyl sites for hydroxylation is 1. The Balaban J connectivity index is 1.51. The van der Waals surface area contributed by atoms with Crippen molar-refractivity contribution in [1.82, 2.24) is 20.1 Å². The van der Waals surface area contributed by atoms with Crippen molar-refractivity contribution in [3.63, 3.8) is 0 Å². The highest BCUT2D eigenvalue weighted by Gasteiger charge is 2.23. The molecule has 2 heterocycles. The van der Waals surface area contributed by atoms with Gasteiger partial charge in [0, 0.05) is 19.7 Å². The molecule has 1 saturated heterocycles. The van der Waals surface area contributed by atoms with E-state index in [1.54, 1.807) is 18.2 Å². The van der Waals surface area contributed by atoms with Gasteiger partial charge in [0.1, 0.15) is 5.82 Å². The van der Waals surface area contributed by atoms with Crippen LogP contribution in [0, 0.1) is 5.82 Å². The molecule has 168 valence electrons. The largest absolute Gasteiger partial charge is 0.376 e. The van der Waals surface area contributed by atoms with Crippen LogP contribution >= 0.6 is 11.8 Å². The van der Waals surface area contributed by atoms with Crippen molar-refractivity contribution >= 4 is 17.7 Å². The average molecular weight is 455 g/mol. The molecule has 1 aromatic heterocycles. The highest BCUT2D eigenvalue weighted by Crippen LogP contribution is 2.28. The summed E-state index contributed by atoms with van der Waals surface area (Å²) >= 11 is 1.33. The van der Waals surface area contributed by atoms with Gasteiger partial charge in [-0.05, 0) is 43.9 Å². The predicted molar refractivity (Wildman–Crippen MR) is 123 cm³/mol. The fourth-order valence-electron chi connectivity index (χ4n) is 3.68. The van der Waals surface area contributed by atoms with Crippen LogP contribution in [0.5, 0.6) is 0 Å². The van der Waals surface area contributed by atoms with E-state index in [2.05, 4.69) is 27.6 Å². The number of nitrogens with one attached hydrogen (secondary N) is 1. The first-order chi connectivity index (χ1) is 15.6. The van der Waals surface area contributed by atoms with Crippen LogP contribution in [-0.2, 0) is 22.5 Å². The van der Waals surface area contributed by atoms with E-state index in [0.29, 0.717) is 29.6 Å². The minimum Gasteiger partial charge on any atom is -0.376 e. The van der Waals surface area contributed by atoms with Crippen LogP contribution in [0.1, 0.15) is 25.3 Å². The van der Waals surface area contributed by atoms with Gasteiger partial charge in [0.25, 0.3) is 0 Å². The number of rotatable bonds is 9. The molecule has 1 amide bonds. The maximum atomic E-state index is 14.5. The minimum absolute atomic E-state index is 0.0736. The van der Waals surface area contributed by atoms with Gasteiger partial charge in [-0.3, -0.25) is 4.79 Å². The first-order valence-electron chi connectivity index (χ1n) is 10.9. The summed E-state index contributed by atoms with van der Waals surface area (Å²) in [6.45, 7) is 3.70. The number of carbonyl (C=O) groups is 1. The number of hydrogen-bond acceptors (Lipinski definition) is 5. The molecule has 0 unspecified atom stereocenters. The fourth-order valence-corrected chi connectivity index (χ4v) is 4.58. The lowest BCUT2D eigenvalue weighted by Gasteiger charge is -2.15. The fraction of sp³-hybridized carbons (Fsp3) is 0.375. The molecule has 3 aromatic rings. The van der Waals surface area contributed by atoms with Crippen molar-refractivity contribution < 1.29 is 13.9 Å². The molecule has 0 saturated carbocycles. The lowest BCUT2D eigenvalue weighted by molar-refractivity contribution is -0.120. The summed E-state index contributed by atoms with van der Waals surface area (Å²) in [5.41, 5.74) is 1.56. The van der Waals surface area contributed by atoms with Gasteiger partial charge in [-0.2, -0.15) is 0 Å². The van der Waals surface area contributed by atoms with Crippen molar-refractivity contribution in [3.05, 3.63) is 66.0 Å². The van der Waals surface area contributed by atoms with Crippen molar-refractivity contribution in [3.8, 4) is 11.4 Å². The highest BCUT2D eigenvalue weighted by molar-refractivity contribution is 8.00. The number of benzene rings is 2. The van der Waals surface area contributed by atoms with Gasteiger partial charge in [0.2, 0.25) is 5.91 Å². The second-order valence-corrected chi connectivity index (χ2v) is 9.12. The van der Waals surface area contributed by atoms with Crippen LogP contribution in [0.3, 0.4) is 0 Å². The molecule has 32 heavy (non-hydrogen) atoms. The molecule has 2 aromatic carbocycles. The summed E-state index contributed by atoms with van der Waals surface area (Å²) < 4.78 is 22.0. The zero-order valence-electron chi connectivity index (χ0n) is 18.0. The molecule has 2 atom stereocenters. The summed E-state index contributed by atoms with van der Waals surface area (Å²) in [5, 5.41) is 11.8. The third-order valence-corrected chi connectivity index (χ3v) is 6.56. The standard InChI is InChI=1S/C24H27FN4O2S/c1-17(23(30)26-16-19-10-7-15-31-19)32-24-28-27-22(20-11-5-6-12-21(20)25)29(24)14-13-18-8-3-2-4-9-18/h2-6,8-9,11-12,17,19H,7,10,13-16H2,1H3,(H,26,30)/t17-,19-/m0/s1. The van der Waals surface area contributed by atoms with E-state index in [1.807, 2.05) is 29.7 Å². The van der Waals surface area contributed by atoms with E-state index in [-0.39, 0.29) is 23.1 Å². The number of carbonyl (C=O) groups excluding carboxylic acids is 1. The quantitative estimate of drug-likeness (QED) is 0.493. The Morgan fingerprint density at radius 3 is 2.75 bits per heavy atom. The Bertz CT molecular complexity index is 1040. The zero-order chi connectivity index (χ0) is 22.3. The van der Waals surface area contributed by atoms with E-state index < -0.39 is 0 Å². The molecule has 6 nitrogen and oxygen atoms in total. The van der Waals surface area contributed by atoms with E-state index >= 15 is 0 Å². The summed E-state index contributed by atoms with van der Waals surface area (Å²) in [6, 6.07) is 16.6. The maximum Gasteiger partial charge on any atom is 0.233 e. The molecular formula is C24H27FN4O2S. The monoisotopic (exact) mass is 454 g/mol. The number of amides is 1. The lowest BCUT2D eigenvalue weighted by atomic mass is 10.1. The number of aromatic nitrogens is 3. The smallest absolute Gasteiger partial charge is 0.233 e. The summed E-state index contributed by atoms with van der Waals surface area (Å²) in [5.74, 6) is 0.0452. The first kappa shape index (κ1) is 22.5. The van der Waals surface area contributed by atoms with E-state index in [0.717, 1.165) is 25.9 Å². The van der Waals surface area contributed by atoms with Gasteiger partial charge in [0.15, 0.2) is 11.0 Å². The van der Waals surface area contributed by atoms with Crippen molar-refractivity contribution in [2.45, 2.75) is 49.2 Å². The molecule has 1 aliphatic rings. The third-order valence-electron chi connectivity index (χ3n) is 5.48. The Labute approximate surface area is 191 Å². The van der Waals surface area contributed by atoms with Gasteiger partial charge in [-0.15, -0.1) is 10.2 Å². The molecule has 0 bridgehead atoms. The first-order valence-corrected chi connectivity index (χ1v) is 11.8. The van der Waals surface area contributed by atoms with Crippen LogP contribution in [0.4, 0.5) is 4.39 Å².